The molecule has 1 aliphatic carbocycles. The van der Waals surface area contributed by atoms with Crippen LogP contribution in [-0.2, 0) is 22.2 Å². The zero-order valence-corrected chi connectivity index (χ0v) is 14.6. The molecule has 4 nitrogen and oxygen atoms in total. The Kier molecular flexibility index (Phi) is 5.14. The standard InChI is InChI=1S/C14H18NO3P.Na/c16-14-6-3-7-15(14)10-19(17,18)13-8-11-4-1-2-5-12(11)9-13;/h1-2,4-5,13H,3,6-10H2,(H,17,18);/q;+1/p-1. The van der Waals surface area contributed by atoms with Crippen molar-refractivity contribution in [1.82, 2.24) is 4.90 Å². The molecule has 0 radical (unpaired) electrons. The quantitative estimate of drug-likeness (QED) is 0.498. The molecule has 1 amide bonds. The Balaban J connectivity index is 0.00000147. The van der Waals surface area contributed by atoms with Crippen LogP contribution in [-0.4, -0.2) is 29.3 Å². The molecule has 0 saturated carbocycles. The average molecular weight is 301 g/mol. The van der Waals surface area contributed by atoms with E-state index >= 15 is 0 Å². The maximum absolute atomic E-state index is 12.4. The third kappa shape index (κ3) is 3.20. The van der Waals surface area contributed by atoms with Gasteiger partial charge in [0, 0.05) is 26.0 Å². The van der Waals surface area contributed by atoms with Crippen molar-refractivity contribution >= 4 is 13.3 Å². The van der Waals surface area contributed by atoms with Crippen LogP contribution in [0.4, 0.5) is 0 Å². The maximum Gasteiger partial charge on any atom is 1.00 e. The Bertz CT molecular complexity index is 538. The van der Waals surface area contributed by atoms with Gasteiger partial charge in [-0.15, -0.1) is 0 Å². The summed E-state index contributed by atoms with van der Waals surface area (Å²) in [7, 11) is -3.55. The second-order valence-corrected chi connectivity index (χ2v) is 7.92. The van der Waals surface area contributed by atoms with E-state index < -0.39 is 7.37 Å². The molecule has 3 rings (SSSR count). The molecule has 0 spiro atoms. The molecule has 2 aliphatic rings. The Morgan fingerprint density at radius 1 is 1.25 bits per heavy atom. The number of nitrogens with zero attached hydrogens (tertiary/aromatic N) is 1. The zero-order chi connectivity index (χ0) is 13.5. The number of rotatable bonds is 3. The molecular weight excluding hydrogens is 284 g/mol. The summed E-state index contributed by atoms with van der Waals surface area (Å²) in [6.45, 7) is 0.588. The van der Waals surface area contributed by atoms with Gasteiger partial charge in [0.1, 0.15) is 0 Å². The number of carbonyl (C=O) groups excluding carboxylic acids is 1. The molecular formula is C14H17NNaO3P. The van der Waals surface area contributed by atoms with Crippen LogP contribution in [0.2, 0.25) is 0 Å². The van der Waals surface area contributed by atoms with Crippen molar-refractivity contribution in [3.63, 3.8) is 0 Å². The van der Waals surface area contributed by atoms with Gasteiger partial charge in [-0.25, -0.2) is 0 Å². The summed E-state index contributed by atoms with van der Waals surface area (Å²) in [5.74, 6) is -0.0217. The molecule has 1 saturated heterocycles. The molecule has 1 aromatic rings. The average Bonchev–Trinajstić information content (AvgIpc) is 2.96. The van der Waals surface area contributed by atoms with Crippen LogP contribution in [0.1, 0.15) is 24.0 Å². The monoisotopic (exact) mass is 301 g/mol. The van der Waals surface area contributed by atoms with Gasteiger partial charge in [-0.1, -0.05) is 24.3 Å². The molecule has 1 aromatic carbocycles. The fraction of sp³-hybridized carbons (Fsp3) is 0.500. The Morgan fingerprint density at radius 2 is 1.85 bits per heavy atom. The summed E-state index contributed by atoms with van der Waals surface area (Å²) in [5.41, 5.74) is 1.94. The molecule has 1 heterocycles. The predicted molar refractivity (Wildman–Crippen MR) is 71.1 cm³/mol. The second kappa shape index (κ2) is 6.33. The van der Waals surface area contributed by atoms with Gasteiger partial charge in [-0.2, -0.15) is 0 Å². The summed E-state index contributed by atoms with van der Waals surface area (Å²) in [6.07, 6.45) is 2.39. The topological polar surface area (TPSA) is 60.4 Å². The smallest absolute Gasteiger partial charge is 0.798 e. The number of likely N-dealkylation sites (tertiary alicyclic amines) is 1. The molecule has 6 heteroatoms. The van der Waals surface area contributed by atoms with Crippen LogP contribution in [0.5, 0.6) is 0 Å². The van der Waals surface area contributed by atoms with Gasteiger partial charge in [-0.3, -0.25) is 4.79 Å². The molecule has 1 atom stereocenters. The first kappa shape index (κ1) is 16.3. The summed E-state index contributed by atoms with van der Waals surface area (Å²) in [5, 5.41) is 0. The molecule has 1 aliphatic heterocycles. The van der Waals surface area contributed by atoms with Crippen LogP contribution in [0.3, 0.4) is 0 Å². The predicted octanol–water partition coefficient (Wildman–Crippen LogP) is -1.62. The van der Waals surface area contributed by atoms with E-state index in [4.69, 9.17) is 0 Å². The first-order chi connectivity index (χ1) is 9.06. The van der Waals surface area contributed by atoms with Crippen molar-refractivity contribution in [2.75, 3.05) is 12.8 Å². The number of hydrogen-bond acceptors (Lipinski definition) is 3. The number of carbonyl (C=O) groups is 1. The summed E-state index contributed by atoms with van der Waals surface area (Å²) in [4.78, 5) is 25.5. The largest absolute Gasteiger partial charge is 1.00 e. The van der Waals surface area contributed by atoms with Crippen molar-refractivity contribution in [2.45, 2.75) is 31.3 Å². The fourth-order valence-electron chi connectivity index (χ4n) is 3.02. The van der Waals surface area contributed by atoms with Gasteiger partial charge in [0.25, 0.3) is 0 Å². The third-order valence-corrected chi connectivity index (χ3v) is 6.34. The SMILES string of the molecule is O=C1CCCN1CP(=O)([O-])C1Cc2ccccc2C1.[Na+]. The minimum absolute atomic E-state index is 0. The molecule has 1 fully saturated rings. The van der Waals surface area contributed by atoms with Crippen LogP contribution in [0.25, 0.3) is 0 Å². The normalized spacial score (nSPS) is 21.4. The van der Waals surface area contributed by atoms with Crippen molar-refractivity contribution in [2.24, 2.45) is 0 Å². The van der Waals surface area contributed by atoms with Crippen molar-refractivity contribution in [3.05, 3.63) is 35.4 Å². The van der Waals surface area contributed by atoms with E-state index in [2.05, 4.69) is 0 Å². The molecule has 102 valence electrons. The van der Waals surface area contributed by atoms with Gasteiger partial charge in [0.15, 0.2) is 0 Å². The number of fused-ring (bicyclic) bond motifs is 1. The van der Waals surface area contributed by atoms with E-state index in [1.807, 2.05) is 24.3 Å². The van der Waals surface area contributed by atoms with Gasteiger partial charge < -0.3 is 14.4 Å². The van der Waals surface area contributed by atoms with Gasteiger partial charge >= 0.3 is 29.6 Å². The van der Waals surface area contributed by atoms with Gasteiger partial charge in [0.2, 0.25) is 5.91 Å². The van der Waals surface area contributed by atoms with Gasteiger partial charge in [-0.05, 0) is 30.4 Å². The van der Waals surface area contributed by atoms with E-state index in [1.54, 1.807) is 0 Å². The van der Waals surface area contributed by atoms with Crippen LogP contribution >= 0.6 is 7.37 Å². The van der Waals surface area contributed by atoms with Crippen molar-refractivity contribution in [3.8, 4) is 0 Å². The minimum atomic E-state index is -3.55. The Hall–Kier alpha value is -0.120. The summed E-state index contributed by atoms with van der Waals surface area (Å²) in [6, 6.07) is 7.88. The maximum atomic E-state index is 12.4. The second-order valence-electron chi connectivity index (χ2n) is 5.46. The molecule has 1 unspecified atom stereocenters. The van der Waals surface area contributed by atoms with Crippen LogP contribution in [0.15, 0.2) is 24.3 Å². The molecule has 0 aromatic heterocycles. The van der Waals surface area contributed by atoms with Crippen molar-refractivity contribution in [1.29, 1.82) is 0 Å². The van der Waals surface area contributed by atoms with E-state index in [9.17, 15) is 14.3 Å². The first-order valence-electron chi connectivity index (χ1n) is 6.70. The number of amides is 1. The van der Waals surface area contributed by atoms with Crippen LogP contribution < -0.4 is 34.5 Å². The van der Waals surface area contributed by atoms with Crippen molar-refractivity contribution < 1.29 is 43.8 Å². The Morgan fingerprint density at radius 3 is 2.35 bits per heavy atom. The van der Waals surface area contributed by atoms with Gasteiger partial charge in [0.05, 0.1) is 6.29 Å². The molecule has 20 heavy (non-hydrogen) atoms. The summed E-state index contributed by atoms with van der Waals surface area (Å²) >= 11 is 0. The number of hydrogen-bond donors (Lipinski definition) is 0. The third-order valence-electron chi connectivity index (χ3n) is 4.13. The first-order valence-corrected chi connectivity index (χ1v) is 8.58. The van der Waals surface area contributed by atoms with E-state index in [0.29, 0.717) is 25.8 Å². The van der Waals surface area contributed by atoms with E-state index in [1.165, 1.54) is 4.90 Å². The Labute approximate surface area is 141 Å². The van der Waals surface area contributed by atoms with E-state index in [0.717, 1.165) is 17.5 Å². The van der Waals surface area contributed by atoms with Crippen LogP contribution in [0, 0.1) is 0 Å². The zero-order valence-electron chi connectivity index (χ0n) is 11.7. The number of benzene rings is 1. The summed E-state index contributed by atoms with van der Waals surface area (Å²) < 4.78 is 12.4. The van der Waals surface area contributed by atoms with E-state index in [-0.39, 0.29) is 47.4 Å². The molecule has 0 bridgehead atoms. The minimum Gasteiger partial charge on any atom is -0.798 e. The fourth-order valence-corrected chi connectivity index (χ4v) is 4.98. The molecule has 0 N–H and O–H groups in total.